The highest BCUT2D eigenvalue weighted by Gasteiger charge is 2.36. The number of benzene rings is 1. The quantitative estimate of drug-likeness (QED) is 0.579. The summed E-state index contributed by atoms with van der Waals surface area (Å²) in [5, 5.41) is 0. The second-order valence-electron chi connectivity index (χ2n) is 4.82. The van der Waals surface area contributed by atoms with Crippen LogP contribution in [0, 0.1) is 0 Å². The summed E-state index contributed by atoms with van der Waals surface area (Å²) in [4.78, 5) is 18.0. The third-order valence-corrected chi connectivity index (χ3v) is 4.49. The SMILES string of the molecule is O=C1/C(=C\c2ccccn2)SC(=S)N1c1cccc(C(F)(F)F)c1. The van der Waals surface area contributed by atoms with E-state index < -0.39 is 17.6 Å². The molecule has 3 nitrogen and oxygen atoms in total. The molecule has 2 aromatic rings. The summed E-state index contributed by atoms with van der Waals surface area (Å²) in [6, 6.07) is 9.76. The fourth-order valence-corrected chi connectivity index (χ4v) is 3.39. The van der Waals surface area contributed by atoms with Gasteiger partial charge in [0.15, 0.2) is 4.32 Å². The predicted molar refractivity (Wildman–Crippen MR) is 91.3 cm³/mol. The van der Waals surface area contributed by atoms with Crippen LogP contribution in [0.4, 0.5) is 18.9 Å². The molecule has 0 aliphatic carbocycles. The first-order valence-corrected chi connectivity index (χ1v) is 7.95. The Hall–Kier alpha value is -2.19. The van der Waals surface area contributed by atoms with Crippen LogP contribution in [0.2, 0.25) is 0 Å². The smallest absolute Gasteiger partial charge is 0.268 e. The molecule has 1 aliphatic rings. The molecule has 1 saturated heterocycles. The van der Waals surface area contributed by atoms with Gasteiger partial charge in [-0.25, -0.2) is 0 Å². The summed E-state index contributed by atoms with van der Waals surface area (Å²) in [6.07, 6.45) is -1.34. The lowest BCUT2D eigenvalue weighted by Gasteiger charge is -2.16. The van der Waals surface area contributed by atoms with Crippen molar-refractivity contribution in [3.05, 3.63) is 64.8 Å². The summed E-state index contributed by atoms with van der Waals surface area (Å²) in [7, 11) is 0. The lowest BCUT2D eigenvalue weighted by Crippen LogP contribution is -2.27. The summed E-state index contributed by atoms with van der Waals surface area (Å²) >= 11 is 6.19. The summed E-state index contributed by atoms with van der Waals surface area (Å²) < 4.78 is 38.7. The maximum Gasteiger partial charge on any atom is 0.416 e. The van der Waals surface area contributed by atoms with Gasteiger partial charge in [0, 0.05) is 6.20 Å². The Balaban J connectivity index is 1.94. The molecule has 24 heavy (non-hydrogen) atoms. The highest BCUT2D eigenvalue weighted by atomic mass is 32.2. The van der Waals surface area contributed by atoms with Crippen molar-refractivity contribution in [1.82, 2.24) is 4.98 Å². The number of thioether (sulfide) groups is 1. The van der Waals surface area contributed by atoms with Crippen molar-refractivity contribution < 1.29 is 18.0 Å². The van der Waals surface area contributed by atoms with Crippen LogP contribution < -0.4 is 4.90 Å². The molecule has 3 rings (SSSR count). The summed E-state index contributed by atoms with van der Waals surface area (Å²) in [5.74, 6) is -0.463. The van der Waals surface area contributed by atoms with Gasteiger partial charge in [0.1, 0.15) is 0 Å². The lowest BCUT2D eigenvalue weighted by atomic mass is 10.2. The minimum Gasteiger partial charge on any atom is -0.268 e. The van der Waals surface area contributed by atoms with Crippen LogP contribution in [-0.4, -0.2) is 15.2 Å². The topological polar surface area (TPSA) is 33.2 Å². The van der Waals surface area contributed by atoms with Gasteiger partial charge in [-0.15, -0.1) is 0 Å². The van der Waals surface area contributed by atoms with Crippen molar-refractivity contribution in [2.24, 2.45) is 0 Å². The number of alkyl halides is 3. The minimum atomic E-state index is -4.49. The van der Waals surface area contributed by atoms with E-state index in [1.807, 2.05) is 0 Å². The zero-order chi connectivity index (χ0) is 17.3. The average Bonchev–Trinajstić information content (AvgIpc) is 2.82. The average molecular weight is 366 g/mol. The molecule has 0 radical (unpaired) electrons. The highest BCUT2D eigenvalue weighted by molar-refractivity contribution is 8.27. The number of carbonyl (C=O) groups excluding carboxylic acids is 1. The van der Waals surface area contributed by atoms with Crippen LogP contribution in [0.3, 0.4) is 0 Å². The maximum absolute atomic E-state index is 12.9. The first-order valence-electron chi connectivity index (χ1n) is 6.72. The van der Waals surface area contributed by atoms with E-state index in [9.17, 15) is 18.0 Å². The van der Waals surface area contributed by atoms with Gasteiger partial charge in [-0.2, -0.15) is 13.2 Å². The Morgan fingerprint density at radius 3 is 2.62 bits per heavy atom. The second kappa shape index (κ2) is 6.37. The van der Waals surface area contributed by atoms with Gasteiger partial charge in [0.2, 0.25) is 0 Å². The zero-order valence-corrected chi connectivity index (χ0v) is 13.6. The molecule has 1 fully saturated rings. The van der Waals surface area contributed by atoms with E-state index in [4.69, 9.17) is 12.2 Å². The van der Waals surface area contributed by atoms with Gasteiger partial charge in [0.25, 0.3) is 5.91 Å². The van der Waals surface area contributed by atoms with Gasteiger partial charge in [-0.3, -0.25) is 14.7 Å². The number of nitrogens with zero attached hydrogens (tertiary/aromatic N) is 2. The third kappa shape index (κ3) is 3.34. The van der Waals surface area contributed by atoms with Gasteiger partial charge in [-0.1, -0.05) is 36.1 Å². The Bertz CT molecular complexity index is 835. The van der Waals surface area contributed by atoms with Crippen molar-refractivity contribution in [3.8, 4) is 0 Å². The fourth-order valence-electron chi connectivity index (χ4n) is 2.11. The lowest BCUT2D eigenvalue weighted by molar-refractivity contribution is -0.137. The number of halogens is 3. The van der Waals surface area contributed by atoms with Gasteiger partial charge in [-0.05, 0) is 36.4 Å². The fraction of sp³-hybridized carbons (Fsp3) is 0.0625. The molecule has 122 valence electrons. The Kier molecular flexibility index (Phi) is 4.42. The van der Waals surface area contributed by atoms with Gasteiger partial charge >= 0.3 is 6.18 Å². The third-order valence-electron chi connectivity index (χ3n) is 3.19. The molecule has 1 aliphatic heterocycles. The minimum absolute atomic E-state index is 0.0942. The molecule has 0 spiro atoms. The molecule has 1 aromatic carbocycles. The molecule has 2 heterocycles. The Morgan fingerprint density at radius 2 is 1.96 bits per heavy atom. The van der Waals surface area contributed by atoms with Crippen LogP contribution in [0.15, 0.2) is 53.6 Å². The number of hydrogen-bond donors (Lipinski definition) is 0. The Labute approximate surface area is 145 Å². The van der Waals surface area contributed by atoms with E-state index in [0.29, 0.717) is 10.6 Å². The molecule has 1 amide bonds. The van der Waals surface area contributed by atoms with Crippen molar-refractivity contribution in [2.45, 2.75) is 6.18 Å². The number of aromatic nitrogens is 1. The molecule has 0 bridgehead atoms. The van der Waals surface area contributed by atoms with Crippen molar-refractivity contribution in [3.63, 3.8) is 0 Å². The van der Waals surface area contributed by atoms with Crippen LogP contribution in [-0.2, 0) is 11.0 Å². The molecule has 8 heteroatoms. The number of carbonyl (C=O) groups is 1. The van der Waals surface area contributed by atoms with Crippen LogP contribution in [0.5, 0.6) is 0 Å². The van der Waals surface area contributed by atoms with Gasteiger partial charge in [0.05, 0.1) is 21.8 Å². The number of thiocarbonyl (C=S) groups is 1. The van der Waals surface area contributed by atoms with Crippen molar-refractivity contribution in [2.75, 3.05) is 4.90 Å². The number of rotatable bonds is 2. The normalized spacial score (nSPS) is 17.0. The van der Waals surface area contributed by atoms with E-state index in [2.05, 4.69) is 4.98 Å². The molecular formula is C16H9F3N2OS2. The molecule has 0 saturated carbocycles. The van der Waals surface area contributed by atoms with Crippen molar-refractivity contribution in [1.29, 1.82) is 0 Å². The van der Waals surface area contributed by atoms with E-state index in [-0.39, 0.29) is 10.0 Å². The monoisotopic (exact) mass is 366 g/mol. The highest BCUT2D eigenvalue weighted by Crippen LogP contribution is 2.38. The van der Waals surface area contributed by atoms with Gasteiger partial charge < -0.3 is 0 Å². The number of pyridine rings is 1. The molecule has 0 N–H and O–H groups in total. The number of anilines is 1. The number of hydrogen-bond acceptors (Lipinski definition) is 4. The Morgan fingerprint density at radius 1 is 1.17 bits per heavy atom. The summed E-state index contributed by atoms with van der Waals surface area (Å²) in [5.41, 5.74) is -0.165. The largest absolute Gasteiger partial charge is 0.416 e. The van der Waals surface area contributed by atoms with Crippen LogP contribution >= 0.6 is 24.0 Å². The van der Waals surface area contributed by atoms with E-state index >= 15 is 0 Å². The van der Waals surface area contributed by atoms with E-state index in [0.717, 1.165) is 28.8 Å². The number of amides is 1. The zero-order valence-electron chi connectivity index (χ0n) is 11.9. The first kappa shape index (κ1) is 16.7. The van der Waals surface area contributed by atoms with E-state index in [1.54, 1.807) is 30.5 Å². The summed E-state index contributed by atoms with van der Waals surface area (Å²) in [6.45, 7) is 0. The first-order chi connectivity index (χ1) is 11.4. The molecule has 0 atom stereocenters. The second-order valence-corrected chi connectivity index (χ2v) is 6.50. The molecule has 0 unspecified atom stereocenters. The van der Waals surface area contributed by atoms with E-state index in [1.165, 1.54) is 12.1 Å². The predicted octanol–water partition coefficient (Wildman–Crippen LogP) is 4.51. The van der Waals surface area contributed by atoms with Crippen LogP contribution in [0.25, 0.3) is 6.08 Å². The standard InChI is InChI=1S/C16H9F3N2OS2/c17-16(18,19)10-4-3-6-12(8-10)21-14(22)13(24-15(21)23)9-11-5-1-2-7-20-11/h1-9H/b13-9+. The molecular weight excluding hydrogens is 357 g/mol. The molecule has 1 aromatic heterocycles. The van der Waals surface area contributed by atoms with Crippen molar-refractivity contribution >= 4 is 46.0 Å². The van der Waals surface area contributed by atoms with Crippen LogP contribution in [0.1, 0.15) is 11.3 Å². The maximum atomic E-state index is 12.9.